The number of hydrogen-bond donors (Lipinski definition) is 1. The maximum absolute atomic E-state index is 13.5. The number of amides is 1. The molecule has 2 unspecified atom stereocenters. The van der Waals surface area contributed by atoms with Crippen LogP contribution in [0, 0.1) is 6.92 Å². The molecule has 44 heavy (non-hydrogen) atoms. The Hall–Kier alpha value is -4.67. The average molecular weight is 639 g/mol. The molecule has 1 aliphatic heterocycles. The van der Waals surface area contributed by atoms with Gasteiger partial charge in [-0.1, -0.05) is 29.8 Å². The molecule has 1 aromatic heterocycles. The number of benzene rings is 2. The van der Waals surface area contributed by atoms with Gasteiger partial charge in [0.05, 0.1) is 22.3 Å². The third kappa shape index (κ3) is 8.24. The minimum atomic E-state index is -4.70. The minimum absolute atomic E-state index is 0.153. The van der Waals surface area contributed by atoms with Crippen LogP contribution in [0.4, 0.5) is 18.0 Å². The normalized spacial score (nSPS) is 16.1. The second-order valence-corrected chi connectivity index (χ2v) is 11.5. The van der Waals surface area contributed by atoms with Gasteiger partial charge < -0.3 is 14.3 Å². The number of nitrogens with one attached hydrogen (secondary N) is 1. The van der Waals surface area contributed by atoms with E-state index in [2.05, 4.69) is 15.6 Å². The molecule has 1 saturated heterocycles. The van der Waals surface area contributed by atoms with Crippen LogP contribution in [0.25, 0.3) is 16.9 Å². The number of aryl methyl sites for hydroxylation is 1. The number of aromatic nitrogens is 2. The van der Waals surface area contributed by atoms with E-state index in [-0.39, 0.29) is 22.9 Å². The fourth-order valence-electron chi connectivity index (χ4n) is 4.28. The lowest BCUT2D eigenvalue weighted by atomic mass is 10.1. The van der Waals surface area contributed by atoms with E-state index in [1.807, 2.05) is 11.6 Å². The van der Waals surface area contributed by atoms with E-state index >= 15 is 0 Å². The molecule has 1 N–H and O–H groups in total. The summed E-state index contributed by atoms with van der Waals surface area (Å²) in [5.41, 5.74) is 0.603. The molecule has 2 heterocycles. The van der Waals surface area contributed by atoms with Crippen molar-refractivity contribution in [3.8, 4) is 16.9 Å². The molecule has 0 radical (unpaired) electrons. The monoisotopic (exact) mass is 638 g/mol. The summed E-state index contributed by atoms with van der Waals surface area (Å²) >= 11 is 0. The number of ether oxygens (including phenoxy) is 2. The number of esters is 1. The Kier molecular flexibility index (Phi) is 9.76. The lowest BCUT2D eigenvalue weighted by Crippen LogP contribution is -2.35. The first-order valence-electron chi connectivity index (χ1n) is 13.3. The van der Waals surface area contributed by atoms with Crippen molar-refractivity contribution < 1.29 is 45.5 Å². The van der Waals surface area contributed by atoms with Crippen molar-refractivity contribution in [2.75, 3.05) is 13.2 Å². The summed E-state index contributed by atoms with van der Waals surface area (Å²) in [5, 5.41) is 12.6. The third-order valence-corrected chi connectivity index (χ3v) is 7.72. The Bertz CT molecular complexity index is 1610. The fourth-order valence-corrected chi connectivity index (χ4v) is 5.17. The van der Waals surface area contributed by atoms with Gasteiger partial charge in [-0.2, -0.15) is 18.3 Å². The second kappa shape index (κ2) is 13.3. The van der Waals surface area contributed by atoms with Gasteiger partial charge in [-0.25, -0.2) is 22.6 Å². The SMILES string of the molecule is CC(=O)OC(C)ON=NN1CCCC1COC(=O)NS(=O)(=O)c1ccc(-n2nc(C(F)(F)F)cc2-c2ccc(C)cc2)cc1. The largest absolute Gasteiger partial charge is 0.447 e. The molecule has 1 aliphatic rings. The van der Waals surface area contributed by atoms with Crippen LogP contribution in [-0.2, 0) is 35.3 Å². The van der Waals surface area contributed by atoms with Gasteiger partial charge in [0.25, 0.3) is 16.3 Å². The predicted molar refractivity (Wildman–Crippen MR) is 147 cm³/mol. The van der Waals surface area contributed by atoms with Crippen molar-refractivity contribution in [1.82, 2.24) is 19.5 Å². The number of hydrogen-bond acceptors (Lipinski definition) is 10. The van der Waals surface area contributed by atoms with Crippen molar-refractivity contribution in [3.63, 3.8) is 0 Å². The van der Waals surface area contributed by atoms with Crippen LogP contribution in [0.15, 0.2) is 70.0 Å². The Morgan fingerprint density at radius 1 is 1.14 bits per heavy atom. The molecule has 13 nitrogen and oxygen atoms in total. The van der Waals surface area contributed by atoms with E-state index < -0.39 is 46.3 Å². The zero-order valence-corrected chi connectivity index (χ0v) is 24.6. The van der Waals surface area contributed by atoms with Crippen LogP contribution >= 0.6 is 0 Å². The summed E-state index contributed by atoms with van der Waals surface area (Å²) in [4.78, 5) is 27.8. The van der Waals surface area contributed by atoms with E-state index in [9.17, 15) is 31.2 Å². The van der Waals surface area contributed by atoms with Gasteiger partial charge in [0.15, 0.2) is 5.69 Å². The Morgan fingerprint density at radius 2 is 1.82 bits per heavy atom. The first-order valence-corrected chi connectivity index (χ1v) is 14.8. The van der Waals surface area contributed by atoms with Gasteiger partial charge in [-0.05, 0) is 55.3 Å². The highest BCUT2D eigenvalue weighted by Gasteiger charge is 2.35. The van der Waals surface area contributed by atoms with Crippen LogP contribution in [0.1, 0.15) is 37.9 Å². The highest BCUT2D eigenvalue weighted by Crippen LogP contribution is 2.33. The summed E-state index contributed by atoms with van der Waals surface area (Å²) in [6.45, 7) is 4.77. The predicted octanol–water partition coefficient (Wildman–Crippen LogP) is 4.95. The zero-order valence-electron chi connectivity index (χ0n) is 23.8. The highest BCUT2D eigenvalue weighted by molar-refractivity contribution is 7.90. The second-order valence-electron chi connectivity index (χ2n) is 9.80. The van der Waals surface area contributed by atoms with Crippen LogP contribution in [0.2, 0.25) is 0 Å². The summed E-state index contributed by atoms with van der Waals surface area (Å²) < 4.78 is 78.8. The number of carbonyl (C=O) groups is 2. The first kappa shape index (κ1) is 32.2. The van der Waals surface area contributed by atoms with E-state index in [1.54, 1.807) is 24.3 Å². The summed E-state index contributed by atoms with van der Waals surface area (Å²) in [5.74, 6) is -0.554. The molecule has 0 saturated carbocycles. The summed E-state index contributed by atoms with van der Waals surface area (Å²) in [6, 6.07) is 12.1. The Balaban J connectivity index is 1.40. The molecule has 2 aromatic carbocycles. The Morgan fingerprint density at radius 3 is 2.45 bits per heavy atom. The number of nitrogens with zero attached hydrogens (tertiary/aromatic N) is 5. The zero-order chi connectivity index (χ0) is 32.1. The number of sulfonamides is 1. The van der Waals surface area contributed by atoms with Crippen molar-refractivity contribution >= 4 is 22.1 Å². The molecule has 0 bridgehead atoms. The molecule has 4 rings (SSSR count). The molecule has 0 aliphatic carbocycles. The molecule has 17 heteroatoms. The quantitative estimate of drug-likeness (QED) is 0.141. The number of alkyl halides is 3. The maximum atomic E-state index is 13.5. The summed E-state index contributed by atoms with van der Waals surface area (Å²) in [6.07, 6.45) is -5.61. The molecule has 1 fully saturated rings. The first-order chi connectivity index (χ1) is 20.7. The molecule has 3 aromatic rings. The van der Waals surface area contributed by atoms with E-state index in [0.29, 0.717) is 24.9 Å². The van der Waals surface area contributed by atoms with Gasteiger partial charge in [-0.3, -0.25) is 9.80 Å². The van der Waals surface area contributed by atoms with Gasteiger partial charge in [0.1, 0.15) is 6.61 Å². The molecule has 236 valence electrons. The molecule has 2 atom stereocenters. The standard InChI is InChI=1S/C27H29F3N6O7S/c1-17-6-8-20(9-7-17)24-15-25(27(28,29)30)31-36(24)21-10-12-23(13-11-21)44(39,40)32-26(38)41-16-22-5-4-14-35(22)33-34-43-19(3)42-18(2)37/h6-13,15,19,22H,4-5,14,16H2,1-3H3,(H,32,38). The number of carbonyl (C=O) groups excluding carboxylic acids is 2. The molecule has 0 spiro atoms. The maximum Gasteiger partial charge on any atom is 0.435 e. The number of rotatable bonds is 10. The van der Waals surface area contributed by atoms with Gasteiger partial charge in [-0.15, -0.1) is 0 Å². The van der Waals surface area contributed by atoms with Gasteiger partial charge in [0.2, 0.25) is 0 Å². The fraction of sp³-hybridized carbons (Fsp3) is 0.370. The average Bonchev–Trinajstić information content (AvgIpc) is 3.59. The number of halogens is 3. The third-order valence-electron chi connectivity index (χ3n) is 6.39. The van der Waals surface area contributed by atoms with Crippen molar-refractivity contribution in [3.05, 3.63) is 65.9 Å². The van der Waals surface area contributed by atoms with Crippen molar-refractivity contribution in [1.29, 1.82) is 0 Å². The molecular formula is C27H29F3N6O7S. The minimum Gasteiger partial charge on any atom is -0.447 e. The van der Waals surface area contributed by atoms with E-state index in [1.165, 1.54) is 31.0 Å². The van der Waals surface area contributed by atoms with Crippen LogP contribution < -0.4 is 4.72 Å². The Labute approximate surface area is 250 Å². The van der Waals surface area contributed by atoms with Gasteiger partial charge >= 0.3 is 18.2 Å². The van der Waals surface area contributed by atoms with E-state index in [0.717, 1.165) is 28.4 Å². The molecular weight excluding hydrogens is 609 g/mol. The highest BCUT2D eigenvalue weighted by atomic mass is 32.2. The van der Waals surface area contributed by atoms with Crippen LogP contribution in [0.5, 0.6) is 0 Å². The smallest absolute Gasteiger partial charge is 0.435 e. The van der Waals surface area contributed by atoms with E-state index in [4.69, 9.17) is 14.3 Å². The van der Waals surface area contributed by atoms with Crippen LogP contribution in [0.3, 0.4) is 0 Å². The van der Waals surface area contributed by atoms with Crippen molar-refractivity contribution in [2.24, 2.45) is 10.5 Å². The van der Waals surface area contributed by atoms with Gasteiger partial charge in [0, 0.05) is 31.2 Å². The summed E-state index contributed by atoms with van der Waals surface area (Å²) in [7, 11) is -4.39. The lowest BCUT2D eigenvalue weighted by molar-refractivity contribution is -0.175. The topological polar surface area (TPSA) is 154 Å². The lowest BCUT2D eigenvalue weighted by Gasteiger charge is -2.19. The van der Waals surface area contributed by atoms with Crippen molar-refractivity contribution in [2.45, 2.75) is 57.0 Å². The molecule has 1 amide bonds. The van der Waals surface area contributed by atoms with Crippen LogP contribution in [-0.4, -0.2) is 60.8 Å².